The van der Waals surface area contributed by atoms with Gasteiger partial charge in [0.2, 0.25) is 0 Å². The Bertz CT molecular complexity index is 302. The van der Waals surface area contributed by atoms with E-state index in [2.05, 4.69) is 22.0 Å². The first-order chi connectivity index (χ1) is 6.72. The molecule has 76 valence electrons. The van der Waals surface area contributed by atoms with Gasteiger partial charge in [-0.3, -0.25) is 0 Å². The van der Waals surface area contributed by atoms with Crippen LogP contribution in [0.4, 0.5) is 4.79 Å². The van der Waals surface area contributed by atoms with Crippen molar-refractivity contribution in [3.63, 3.8) is 0 Å². The normalized spacial score (nSPS) is 9.79. The number of hydrogen-bond donors (Lipinski definition) is 3. The second-order valence-corrected chi connectivity index (χ2v) is 3.63. The van der Waals surface area contributed by atoms with Crippen molar-refractivity contribution in [2.45, 2.75) is 11.4 Å². The van der Waals surface area contributed by atoms with Crippen molar-refractivity contribution in [3.05, 3.63) is 29.8 Å². The van der Waals surface area contributed by atoms with Gasteiger partial charge in [0.15, 0.2) is 0 Å². The number of carbonyl (C=O) groups is 1. The van der Waals surface area contributed by atoms with Gasteiger partial charge < -0.3 is 9.94 Å². The molecule has 4 nitrogen and oxygen atoms in total. The van der Waals surface area contributed by atoms with E-state index >= 15 is 0 Å². The number of hydroxylamine groups is 1. The highest BCUT2D eigenvalue weighted by Crippen LogP contribution is 2.20. The van der Waals surface area contributed by atoms with Gasteiger partial charge in [-0.2, -0.15) is 0 Å². The highest BCUT2D eigenvalue weighted by Gasteiger charge is 1.97. The largest absolute Gasteiger partial charge is 0.525 e. The van der Waals surface area contributed by atoms with Crippen LogP contribution in [0.15, 0.2) is 29.2 Å². The highest BCUT2D eigenvalue weighted by molar-refractivity contribution is 8.68. The molecule has 1 rings (SSSR count). The lowest BCUT2D eigenvalue weighted by atomic mass is 10.2. The summed E-state index contributed by atoms with van der Waals surface area (Å²) in [6.45, 7) is 0.351. The van der Waals surface area contributed by atoms with Crippen LogP contribution in [0.2, 0.25) is 0 Å². The molecule has 0 aliphatic heterocycles. The first-order valence-electron chi connectivity index (χ1n) is 3.75. The number of hydrogen-bond acceptors (Lipinski definition) is 5. The zero-order chi connectivity index (χ0) is 10.4. The van der Waals surface area contributed by atoms with Crippen molar-refractivity contribution in [3.8, 4) is 0 Å². The van der Waals surface area contributed by atoms with Crippen LogP contribution in [0.25, 0.3) is 0 Å². The zero-order valence-electron chi connectivity index (χ0n) is 7.14. The van der Waals surface area contributed by atoms with Crippen molar-refractivity contribution < 1.29 is 14.7 Å². The lowest BCUT2D eigenvalue weighted by Gasteiger charge is -2.02. The Kier molecular flexibility index (Phi) is 4.64. The van der Waals surface area contributed by atoms with E-state index < -0.39 is 6.16 Å². The van der Waals surface area contributed by atoms with Crippen molar-refractivity contribution in [1.82, 2.24) is 5.48 Å². The molecule has 0 spiro atoms. The summed E-state index contributed by atoms with van der Waals surface area (Å²) in [7, 11) is 1.35. The smallest absolute Gasteiger partial charge is 0.448 e. The third-order valence-corrected chi connectivity index (χ3v) is 2.58. The van der Waals surface area contributed by atoms with Gasteiger partial charge in [-0.15, -0.1) is 17.1 Å². The Morgan fingerprint density at radius 1 is 1.50 bits per heavy atom. The Morgan fingerprint density at radius 2 is 2.14 bits per heavy atom. The fourth-order valence-corrected chi connectivity index (χ4v) is 1.47. The van der Waals surface area contributed by atoms with Crippen LogP contribution in [-0.2, 0) is 11.4 Å². The summed E-state index contributed by atoms with van der Waals surface area (Å²) in [5.41, 5.74) is 3.26. The van der Waals surface area contributed by atoms with Gasteiger partial charge in [0.25, 0.3) is 0 Å². The van der Waals surface area contributed by atoms with E-state index in [0.717, 1.165) is 10.5 Å². The molecule has 0 bridgehead atoms. The molecule has 0 unspecified atom stereocenters. The van der Waals surface area contributed by atoms with Crippen molar-refractivity contribution in [2.75, 3.05) is 0 Å². The van der Waals surface area contributed by atoms with Gasteiger partial charge in [0, 0.05) is 4.90 Å². The summed E-state index contributed by atoms with van der Waals surface area (Å²) >= 11 is 4.04. The molecule has 0 radical (unpaired) electrons. The molecule has 0 aromatic heterocycles. The second-order valence-electron chi connectivity index (χ2n) is 2.42. The maximum atomic E-state index is 9.99. The van der Waals surface area contributed by atoms with Crippen LogP contribution in [0, 0.1) is 0 Å². The van der Waals surface area contributed by atoms with Gasteiger partial charge >= 0.3 is 6.16 Å². The molecular formula is C8H9NO3S2. The van der Waals surface area contributed by atoms with Crippen LogP contribution < -0.4 is 5.48 Å². The predicted molar refractivity (Wildman–Crippen MR) is 57.2 cm³/mol. The molecule has 1 aromatic rings. The molecule has 0 saturated carbocycles. The number of nitrogens with one attached hydrogen (secondary N) is 1. The molecular weight excluding hydrogens is 222 g/mol. The lowest BCUT2D eigenvalue weighted by Crippen LogP contribution is -2.17. The van der Waals surface area contributed by atoms with E-state index in [1.807, 2.05) is 24.3 Å². The van der Waals surface area contributed by atoms with Crippen molar-refractivity contribution in [1.29, 1.82) is 0 Å². The Morgan fingerprint density at radius 3 is 2.64 bits per heavy atom. The Labute approximate surface area is 90.4 Å². The van der Waals surface area contributed by atoms with Gasteiger partial charge in [-0.1, -0.05) is 22.9 Å². The minimum Gasteiger partial charge on any atom is -0.448 e. The fourth-order valence-electron chi connectivity index (χ4n) is 0.849. The molecule has 0 heterocycles. The lowest BCUT2D eigenvalue weighted by molar-refractivity contribution is 0.0414. The van der Waals surface area contributed by atoms with Gasteiger partial charge in [-0.05, 0) is 17.7 Å². The zero-order valence-corrected chi connectivity index (χ0v) is 8.85. The molecule has 6 heteroatoms. The van der Waals surface area contributed by atoms with Crippen LogP contribution >= 0.6 is 22.5 Å². The van der Waals surface area contributed by atoms with Gasteiger partial charge in [0.1, 0.15) is 0 Å². The van der Waals surface area contributed by atoms with Crippen molar-refractivity contribution in [2.24, 2.45) is 0 Å². The Hall–Kier alpha value is -0.850. The van der Waals surface area contributed by atoms with Gasteiger partial charge in [-0.25, -0.2) is 4.79 Å². The first kappa shape index (κ1) is 11.2. The number of thiol groups is 1. The number of rotatable bonds is 4. The Balaban J connectivity index is 2.40. The quantitative estimate of drug-likeness (QED) is 0.422. The van der Waals surface area contributed by atoms with E-state index in [9.17, 15) is 4.79 Å². The fraction of sp³-hybridized carbons (Fsp3) is 0.125. The number of benzene rings is 1. The summed E-state index contributed by atoms with van der Waals surface area (Å²) in [6.07, 6.45) is -1.34. The first-order valence-corrected chi connectivity index (χ1v) is 5.62. The third-order valence-electron chi connectivity index (χ3n) is 1.46. The summed E-state index contributed by atoms with van der Waals surface area (Å²) < 4.78 is 0. The highest BCUT2D eigenvalue weighted by atomic mass is 33.1. The second kappa shape index (κ2) is 5.79. The average Bonchev–Trinajstić information content (AvgIpc) is 2.18. The third kappa shape index (κ3) is 3.91. The molecule has 2 N–H and O–H groups in total. The summed E-state index contributed by atoms with van der Waals surface area (Å²) in [5.74, 6) is 0. The average molecular weight is 231 g/mol. The minimum atomic E-state index is -1.34. The van der Waals surface area contributed by atoms with Crippen LogP contribution in [0.1, 0.15) is 5.56 Å². The molecule has 14 heavy (non-hydrogen) atoms. The molecule has 1 aromatic carbocycles. The van der Waals surface area contributed by atoms with E-state index in [4.69, 9.17) is 5.11 Å². The van der Waals surface area contributed by atoms with Crippen LogP contribution in [-0.4, -0.2) is 11.3 Å². The van der Waals surface area contributed by atoms with E-state index in [-0.39, 0.29) is 0 Å². The monoisotopic (exact) mass is 231 g/mol. The van der Waals surface area contributed by atoms with E-state index in [1.54, 1.807) is 0 Å². The molecule has 0 aliphatic rings. The molecule has 0 fully saturated rings. The van der Waals surface area contributed by atoms with E-state index in [0.29, 0.717) is 6.54 Å². The molecule has 0 saturated heterocycles. The number of carboxylic acid groups (broad SMARTS) is 1. The summed E-state index contributed by atoms with van der Waals surface area (Å²) in [6, 6.07) is 7.54. The summed E-state index contributed by atoms with van der Waals surface area (Å²) in [5, 5.41) is 8.18. The van der Waals surface area contributed by atoms with Crippen LogP contribution in [0.3, 0.4) is 0 Å². The maximum absolute atomic E-state index is 9.99. The minimum absolute atomic E-state index is 0.351. The molecule has 0 amide bonds. The molecule has 0 atom stereocenters. The molecule has 0 aliphatic carbocycles. The standard InChI is InChI=1S/C8H9NO3S2/c10-8(11)12-9-5-6-1-3-7(14-13)4-2-6/h1-4,9,13H,5H2,(H,10,11). The van der Waals surface area contributed by atoms with E-state index in [1.165, 1.54) is 10.8 Å². The van der Waals surface area contributed by atoms with Gasteiger partial charge in [0.05, 0.1) is 6.54 Å². The summed E-state index contributed by atoms with van der Waals surface area (Å²) in [4.78, 5) is 15.2. The maximum Gasteiger partial charge on any atom is 0.525 e. The SMILES string of the molecule is O=C(O)ONCc1ccc(SS)cc1. The predicted octanol–water partition coefficient (Wildman–Crippen LogP) is 2.32. The van der Waals surface area contributed by atoms with Crippen molar-refractivity contribution >= 4 is 28.6 Å². The van der Waals surface area contributed by atoms with Crippen LogP contribution in [0.5, 0.6) is 0 Å². The topological polar surface area (TPSA) is 58.6 Å².